The maximum atomic E-state index is 11.9. The van der Waals surface area contributed by atoms with Crippen LogP contribution in [0.4, 0.5) is 13.2 Å². The zero-order chi connectivity index (χ0) is 14.0. The summed E-state index contributed by atoms with van der Waals surface area (Å²) >= 11 is 0. The van der Waals surface area contributed by atoms with Gasteiger partial charge in [0.05, 0.1) is 5.92 Å². The fourth-order valence-corrected chi connectivity index (χ4v) is 1.83. The number of carbonyl (C=O) groups excluding carboxylic acids is 1. The Morgan fingerprint density at radius 3 is 2.61 bits per heavy atom. The number of hydrogen-bond acceptors (Lipinski definition) is 5. The number of halogens is 3. The van der Waals surface area contributed by atoms with E-state index in [1.54, 1.807) is 0 Å². The van der Waals surface area contributed by atoms with Crippen molar-refractivity contribution in [2.75, 3.05) is 6.61 Å². The van der Waals surface area contributed by atoms with Gasteiger partial charge in [-0.25, -0.2) is 0 Å². The lowest BCUT2D eigenvalue weighted by Crippen LogP contribution is -2.29. The molecule has 1 aliphatic rings. The minimum atomic E-state index is -5.66. The summed E-state index contributed by atoms with van der Waals surface area (Å²) in [5, 5.41) is 0. The molecule has 0 aromatic rings. The van der Waals surface area contributed by atoms with Gasteiger partial charge in [0, 0.05) is 12.8 Å². The maximum Gasteiger partial charge on any atom is 0.523 e. The minimum absolute atomic E-state index is 0.0381. The van der Waals surface area contributed by atoms with Crippen molar-refractivity contribution in [3.63, 3.8) is 0 Å². The molecule has 0 bridgehead atoms. The third-order valence-corrected chi connectivity index (χ3v) is 3.23. The van der Waals surface area contributed by atoms with E-state index in [2.05, 4.69) is 14.8 Å². The van der Waals surface area contributed by atoms with E-state index in [1.165, 1.54) is 0 Å². The molecule has 5 nitrogen and oxygen atoms in total. The van der Waals surface area contributed by atoms with Crippen molar-refractivity contribution >= 4 is 16.1 Å². The average molecular weight is 286 g/mol. The van der Waals surface area contributed by atoms with Crippen molar-refractivity contribution in [3.8, 4) is 12.3 Å². The summed E-state index contributed by atoms with van der Waals surface area (Å²) in [5.41, 5.74) is -5.49. The molecule has 2 atom stereocenters. The smallest absolute Gasteiger partial charge is 0.460 e. The number of alkyl halides is 3. The van der Waals surface area contributed by atoms with Gasteiger partial charge >= 0.3 is 21.6 Å². The van der Waals surface area contributed by atoms with Crippen molar-refractivity contribution in [3.05, 3.63) is 0 Å². The Morgan fingerprint density at radius 2 is 2.11 bits per heavy atom. The van der Waals surface area contributed by atoms with Crippen molar-refractivity contribution in [1.82, 2.24) is 0 Å². The van der Waals surface area contributed by atoms with Crippen LogP contribution >= 0.6 is 0 Å². The number of rotatable bonds is 4. The molecule has 1 saturated heterocycles. The van der Waals surface area contributed by atoms with Crippen LogP contribution in [0.2, 0.25) is 0 Å². The van der Waals surface area contributed by atoms with Gasteiger partial charge < -0.3 is 4.74 Å². The molecule has 9 heteroatoms. The molecule has 1 heterocycles. The van der Waals surface area contributed by atoms with Crippen LogP contribution in [0.3, 0.4) is 0 Å². The molecule has 0 aromatic heterocycles. The van der Waals surface area contributed by atoms with E-state index >= 15 is 0 Å². The lowest BCUT2D eigenvalue weighted by Gasteiger charge is -2.11. The minimum Gasteiger partial charge on any atom is -0.460 e. The first-order valence-electron chi connectivity index (χ1n) is 4.77. The number of esters is 1. The van der Waals surface area contributed by atoms with Gasteiger partial charge in [-0.05, 0) is 0 Å². The first kappa shape index (κ1) is 14.8. The highest BCUT2D eigenvalue weighted by atomic mass is 32.2. The van der Waals surface area contributed by atoms with Crippen LogP contribution in [0.5, 0.6) is 0 Å². The zero-order valence-electron chi connectivity index (χ0n) is 8.94. The van der Waals surface area contributed by atoms with E-state index in [9.17, 15) is 26.4 Å². The molecular formula is C9H9F3O5S. The molecule has 102 valence electrons. The summed E-state index contributed by atoms with van der Waals surface area (Å²) in [6.07, 6.45) is 4.07. The quantitative estimate of drug-likeness (QED) is 0.331. The molecule has 0 aromatic carbocycles. The second-order valence-electron chi connectivity index (χ2n) is 3.58. The molecule has 1 rings (SSSR count). The van der Waals surface area contributed by atoms with Crippen LogP contribution in [-0.4, -0.2) is 32.6 Å². The monoisotopic (exact) mass is 286 g/mol. The Kier molecular flexibility index (Phi) is 4.24. The summed E-state index contributed by atoms with van der Waals surface area (Å²) < 4.78 is 65.4. The topological polar surface area (TPSA) is 69.7 Å². The molecule has 0 saturated carbocycles. The summed E-state index contributed by atoms with van der Waals surface area (Å²) in [5.74, 6) is 0.929. The van der Waals surface area contributed by atoms with E-state index in [4.69, 9.17) is 6.42 Å². The lowest BCUT2D eigenvalue weighted by molar-refractivity contribution is -0.145. The Morgan fingerprint density at radius 1 is 1.50 bits per heavy atom. The third-order valence-electron chi connectivity index (χ3n) is 2.22. The molecule has 0 amide bonds. The number of hydrogen-bond donors (Lipinski definition) is 0. The summed E-state index contributed by atoms with van der Waals surface area (Å²) in [7, 11) is -5.66. The predicted octanol–water partition coefficient (Wildman–Crippen LogP) is 0.808. The van der Waals surface area contributed by atoms with E-state index in [0.717, 1.165) is 0 Å². The van der Waals surface area contributed by atoms with E-state index < -0.39 is 40.2 Å². The van der Waals surface area contributed by atoms with Gasteiger partial charge in [-0.1, -0.05) is 0 Å². The molecule has 0 unspecified atom stereocenters. The molecule has 1 fully saturated rings. The van der Waals surface area contributed by atoms with Gasteiger partial charge in [0.2, 0.25) is 0 Å². The van der Waals surface area contributed by atoms with Crippen molar-refractivity contribution in [2.45, 2.75) is 24.5 Å². The number of cyclic esters (lactones) is 1. The Labute approximate surface area is 101 Å². The summed E-state index contributed by atoms with van der Waals surface area (Å²) in [6, 6.07) is 0. The molecule has 0 radical (unpaired) electrons. The van der Waals surface area contributed by atoms with Crippen LogP contribution in [0.25, 0.3) is 0 Å². The maximum absolute atomic E-state index is 11.9. The first-order chi connectivity index (χ1) is 8.17. The average Bonchev–Trinajstić information content (AvgIpc) is 2.56. The van der Waals surface area contributed by atoms with Gasteiger partial charge in [-0.2, -0.15) is 21.6 Å². The van der Waals surface area contributed by atoms with Gasteiger partial charge in [0.25, 0.3) is 0 Å². The van der Waals surface area contributed by atoms with Crippen LogP contribution < -0.4 is 0 Å². The Balaban J connectivity index is 2.53. The van der Waals surface area contributed by atoms with Crippen LogP contribution in [0.1, 0.15) is 12.8 Å². The highest BCUT2D eigenvalue weighted by molar-refractivity contribution is 7.87. The lowest BCUT2D eigenvalue weighted by atomic mass is 10.0. The highest BCUT2D eigenvalue weighted by Crippen LogP contribution is 2.28. The molecule has 18 heavy (non-hydrogen) atoms. The number of carbonyl (C=O) groups is 1. The fourth-order valence-electron chi connectivity index (χ4n) is 1.37. The second kappa shape index (κ2) is 5.16. The number of ether oxygens (including phenoxy) is 1. The van der Waals surface area contributed by atoms with Crippen LogP contribution in [0, 0.1) is 18.3 Å². The predicted molar refractivity (Wildman–Crippen MR) is 52.4 cm³/mol. The van der Waals surface area contributed by atoms with E-state index in [1.807, 2.05) is 0 Å². The standard InChI is InChI=1S/C9H9F3O5S/c1-2-3-6-4-7(17-8(6)13)5-16-18(14,15)9(10,11)12/h1,6-7H,3-5H2/t6-,7+/m1/s1. The fraction of sp³-hybridized carbons (Fsp3) is 0.667. The van der Waals surface area contributed by atoms with E-state index in [-0.39, 0.29) is 12.8 Å². The van der Waals surface area contributed by atoms with Crippen molar-refractivity contribution in [2.24, 2.45) is 5.92 Å². The Hall–Kier alpha value is -1.27. The van der Waals surface area contributed by atoms with Crippen LogP contribution in [0.15, 0.2) is 0 Å². The first-order valence-corrected chi connectivity index (χ1v) is 6.18. The molecular weight excluding hydrogens is 277 g/mol. The van der Waals surface area contributed by atoms with Gasteiger partial charge in [0.15, 0.2) is 0 Å². The molecule has 0 spiro atoms. The SMILES string of the molecule is C#CC[C@@H]1C[C@@H](COS(=O)(=O)C(F)(F)F)OC1=O. The van der Waals surface area contributed by atoms with E-state index in [0.29, 0.717) is 0 Å². The largest absolute Gasteiger partial charge is 0.523 e. The Bertz CT molecular complexity index is 462. The van der Waals surface area contributed by atoms with Gasteiger partial charge in [-0.3, -0.25) is 8.98 Å². The van der Waals surface area contributed by atoms with Crippen molar-refractivity contribution < 1.29 is 35.3 Å². The summed E-state index contributed by atoms with van der Waals surface area (Å²) in [4.78, 5) is 11.2. The molecule has 0 N–H and O–H groups in total. The number of terminal acetylenes is 1. The zero-order valence-corrected chi connectivity index (χ0v) is 9.75. The normalized spacial score (nSPS) is 24.7. The van der Waals surface area contributed by atoms with Crippen LogP contribution in [-0.2, 0) is 23.8 Å². The molecule has 1 aliphatic heterocycles. The highest BCUT2D eigenvalue weighted by Gasteiger charge is 2.48. The van der Waals surface area contributed by atoms with Gasteiger partial charge in [0.1, 0.15) is 12.7 Å². The van der Waals surface area contributed by atoms with Gasteiger partial charge in [-0.15, -0.1) is 12.3 Å². The molecule has 0 aliphatic carbocycles. The second-order valence-corrected chi connectivity index (χ2v) is 5.19. The third kappa shape index (κ3) is 3.36. The van der Waals surface area contributed by atoms with Crippen molar-refractivity contribution in [1.29, 1.82) is 0 Å². The summed E-state index contributed by atoms with van der Waals surface area (Å²) in [6.45, 7) is -0.866.